The Balaban J connectivity index is 0.00000462. The summed E-state index contributed by atoms with van der Waals surface area (Å²) in [6.45, 7) is -1.07. The van der Waals surface area contributed by atoms with E-state index in [-0.39, 0.29) is 82.1 Å². The first-order valence-corrected chi connectivity index (χ1v) is 14.9. The number of aromatic nitrogens is 3. The molecule has 0 bridgehead atoms. The van der Waals surface area contributed by atoms with E-state index in [1.54, 1.807) is 0 Å². The Morgan fingerprint density at radius 1 is 0.953 bits per heavy atom. The number of nitrogens with zero attached hydrogens (tertiary/aromatic N) is 3. The van der Waals surface area contributed by atoms with Gasteiger partial charge in [0.2, 0.25) is 16.3 Å². The van der Waals surface area contributed by atoms with Crippen LogP contribution in [-0.4, -0.2) is 67.7 Å². The van der Waals surface area contributed by atoms with E-state index in [2.05, 4.69) is 35.0 Å². The summed E-state index contributed by atoms with van der Waals surface area (Å²) in [7, 11) is -15.0. The molecule has 0 saturated carbocycles. The van der Waals surface area contributed by atoms with Crippen molar-refractivity contribution in [2.45, 2.75) is 9.79 Å². The summed E-state index contributed by atoms with van der Waals surface area (Å²) in [5, 5.41) is 12.2. The van der Waals surface area contributed by atoms with Crippen LogP contribution in [0.5, 0.6) is 0 Å². The van der Waals surface area contributed by atoms with Crippen LogP contribution in [0.2, 0.25) is 0 Å². The fourth-order valence-electron chi connectivity index (χ4n) is 2.97. The monoisotopic (exact) mass is 678 g/mol. The molecule has 1 heterocycles. The van der Waals surface area contributed by atoms with Crippen LogP contribution in [0, 0.1) is 0 Å². The van der Waals surface area contributed by atoms with Gasteiger partial charge >= 0.3 is 76.5 Å². The zero-order valence-corrected chi connectivity index (χ0v) is 28.4. The number of nitrogens with one attached hydrogen (secondary N) is 4. The van der Waals surface area contributed by atoms with E-state index in [1.165, 1.54) is 18.2 Å². The van der Waals surface area contributed by atoms with Crippen molar-refractivity contribution in [3.05, 3.63) is 57.4 Å². The van der Waals surface area contributed by atoms with Crippen LogP contribution in [0.25, 0.3) is 0 Å². The molecule has 220 valence electrons. The average Bonchev–Trinajstić information content (AvgIpc) is 2.81. The number of rotatable bonds is 11. The number of hydrogen-bond donors (Lipinski definition) is 5. The van der Waals surface area contributed by atoms with Gasteiger partial charge in [0, 0.05) is 5.69 Å². The van der Waals surface area contributed by atoms with Crippen molar-refractivity contribution in [2.24, 2.45) is 16.0 Å². The summed E-state index contributed by atoms with van der Waals surface area (Å²) in [6, 6.07) is 4.80. The molecule has 0 atom stereocenters. The predicted octanol–water partition coefficient (Wildman–Crippen LogP) is -6.73. The Labute approximate surface area is 286 Å². The van der Waals surface area contributed by atoms with E-state index >= 15 is 0 Å². The standard InChI is InChI=1S/C18H18N8O12S3.2Na/c19-15(27)21-13-7-9(20-16-22-17(28)24-18(29)23-16)1-3-11(13)25-26-12-4-2-10(8-14(12)40(32,33)34)39(30,31)6-5-38-41(35,36)37;;/h1-4,7-8H,5-6H2,(H3,19,21,27)(H,32,33,34)(H,35,36,37)(H3,20,22,23,24,28,29);;/q;2*+1/p-2. The summed E-state index contributed by atoms with van der Waals surface area (Å²) in [6.07, 6.45) is 0. The molecule has 0 spiro atoms. The van der Waals surface area contributed by atoms with Crippen molar-refractivity contribution in [3.63, 3.8) is 0 Å². The number of nitrogens with two attached hydrogens (primary N) is 1. The third-order valence-electron chi connectivity index (χ3n) is 4.59. The van der Waals surface area contributed by atoms with Crippen molar-refractivity contribution >= 4 is 65.1 Å². The van der Waals surface area contributed by atoms with Gasteiger partial charge in [-0.3, -0.25) is 14.2 Å². The number of anilines is 3. The zero-order chi connectivity index (χ0) is 30.6. The van der Waals surface area contributed by atoms with E-state index in [0.29, 0.717) is 6.07 Å². The topological polar surface area (TPSA) is 328 Å². The maximum atomic E-state index is 12.4. The van der Waals surface area contributed by atoms with Crippen molar-refractivity contribution in [1.29, 1.82) is 0 Å². The number of aromatic amines is 2. The number of urea groups is 1. The second kappa shape index (κ2) is 15.4. The molecule has 25 heteroatoms. The maximum Gasteiger partial charge on any atom is 1.00 e. The minimum atomic E-state index is -5.35. The molecule has 0 aliphatic rings. The van der Waals surface area contributed by atoms with Gasteiger partial charge in [-0.25, -0.2) is 39.6 Å². The van der Waals surface area contributed by atoms with E-state index < -0.39 is 75.6 Å². The fraction of sp³-hybridized carbons (Fsp3) is 0.111. The molecule has 3 rings (SSSR count). The molecule has 2 aromatic carbocycles. The minimum absolute atomic E-state index is 0. The molecule has 2 amide bonds. The number of primary amides is 1. The van der Waals surface area contributed by atoms with Crippen LogP contribution in [0.3, 0.4) is 0 Å². The van der Waals surface area contributed by atoms with Crippen molar-refractivity contribution < 1.29 is 102 Å². The average molecular weight is 679 g/mol. The van der Waals surface area contributed by atoms with E-state index in [4.69, 9.17) is 5.73 Å². The van der Waals surface area contributed by atoms with Crippen molar-refractivity contribution in [3.8, 4) is 0 Å². The zero-order valence-electron chi connectivity index (χ0n) is 21.9. The van der Waals surface area contributed by atoms with Gasteiger partial charge in [-0.05, 0) is 36.4 Å². The summed E-state index contributed by atoms with van der Waals surface area (Å²) < 4.78 is 95.7. The van der Waals surface area contributed by atoms with Crippen molar-refractivity contribution in [2.75, 3.05) is 23.0 Å². The fourth-order valence-corrected chi connectivity index (χ4v) is 5.18. The Hall–Kier alpha value is -2.55. The summed E-state index contributed by atoms with van der Waals surface area (Å²) in [5.41, 5.74) is 2.59. The number of carbonyl (C=O) groups is 1. The summed E-state index contributed by atoms with van der Waals surface area (Å²) >= 11 is 0. The van der Waals surface area contributed by atoms with Crippen LogP contribution in [0.1, 0.15) is 0 Å². The van der Waals surface area contributed by atoms with Gasteiger partial charge < -0.3 is 25.5 Å². The second-order valence-electron chi connectivity index (χ2n) is 7.52. The first-order chi connectivity index (χ1) is 18.9. The van der Waals surface area contributed by atoms with Gasteiger partial charge in [-0.15, -0.1) is 10.2 Å². The van der Waals surface area contributed by atoms with Crippen LogP contribution < -0.4 is 86.9 Å². The Morgan fingerprint density at radius 2 is 1.58 bits per heavy atom. The molecule has 0 fully saturated rings. The molecule has 43 heavy (non-hydrogen) atoms. The molecule has 3 aromatic rings. The van der Waals surface area contributed by atoms with Gasteiger partial charge in [-0.1, -0.05) is 0 Å². The molecular weight excluding hydrogens is 662 g/mol. The Morgan fingerprint density at radius 3 is 2.16 bits per heavy atom. The number of H-pyrrole nitrogens is 2. The molecule has 0 unspecified atom stereocenters. The van der Waals surface area contributed by atoms with Crippen LogP contribution in [0.15, 0.2) is 66.0 Å². The first kappa shape index (κ1) is 38.5. The van der Waals surface area contributed by atoms with Crippen LogP contribution >= 0.6 is 0 Å². The summed E-state index contributed by atoms with van der Waals surface area (Å²) in [5.74, 6) is -1.31. The minimum Gasteiger partial charge on any atom is -0.744 e. The van der Waals surface area contributed by atoms with Crippen LogP contribution in [0.4, 0.5) is 33.5 Å². The van der Waals surface area contributed by atoms with Gasteiger partial charge in [-0.2, -0.15) is 4.98 Å². The number of carbonyl (C=O) groups excluding carboxylic acids is 1. The van der Waals surface area contributed by atoms with Gasteiger partial charge in [0.15, 0.2) is 9.84 Å². The Bertz CT molecular complexity index is 1950. The second-order valence-corrected chi connectivity index (χ2v) is 12.0. The molecule has 0 saturated heterocycles. The molecule has 0 aliphatic carbocycles. The smallest absolute Gasteiger partial charge is 0.744 e. The van der Waals surface area contributed by atoms with E-state index in [9.17, 15) is 48.7 Å². The third kappa shape index (κ3) is 11.8. The number of amides is 2. The van der Waals surface area contributed by atoms with Gasteiger partial charge in [0.1, 0.15) is 21.5 Å². The van der Waals surface area contributed by atoms with E-state index in [0.717, 1.165) is 12.1 Å². The largest absolute Gasteiger partial charge is 1.00 e. The van der Waals surface area contributed by atoms with Gasteiger partial charge in [0.05, 0.1) is 27.8 Å². The maximum absolute atomic E-state index is 12.4. The van der Waals surface area contributed by atoms with Crippen LogP contribution in [-0.2, 0) is 34.5 Å². The summed E-state index contributed by atoms with van der Waals surface area (Å²) in [4.78, 5) is 40.0. The molecule has 0 aliphatic heterocycles. The normalized spacial score (nSPS) is 11.8. The first-order valence-electron chi connectivity index (χ1n) is 10.5. The van der Waals surface area contributed by atoms with E-state index in [1.807, 2.05) is 4.98 Å². The predicted molar refractivity (Wildman–Crippen MR) is 135 cm³/mol. The third-order valence-corrected chi connectivity index (χ3v) is 7.59. The molecule has 6 N–H and O–H groups in total. The number of hydrogen-bond acceptors (Lipinski definition) is 16. The quantitative estimate of drug-likeness (QED) is 0.0545. The number of benzene rings is 2. The molecule has 20 nitrogen and oxygen atoms in total. The van der Waals surface area contributed by atoms with Crippen molar-refractivity contribution in [1.82, 2.24) is 15.0 Å². The molecule has 1 aromatic heterocycles. The number of sulfone groups is 1. The Kier molecular flexibility index (Phi) is 13.8. The molecule has 0 radical (unpaired) electrons. The SMILES string of the molecule is NC(=O)Nc1cc(Nc2nc(=O)[nH]c(=O)[nH]2)ccc1N=Nc1ccc(S(=O)(=O)CCOS(=O)(=O)[O-])cc1S(=O)(=O)[O-].[Na+].[Na+]. The van der Waals surface area contributed by atoms with Gasteiger partial charge in [0.25, 0.3) is 0 Å². The number of azo groups is 1. The molecular formula is C18H16N8Na2O12S3.